The number of hydrogen-bond acceptors (Lipinski definition) is 4. The lowest BCUT2D eigenvalue weighted by molar-refractivity contribution is 0.865. The maximum Gasteiger partial charge on any atom is 0.223 e. The van der Waals surface area contributed by atoms with Crippen molar-refractivity contribution in [1.29, 1.82) is 0 Å². The van der Waals surface area contributed by atoms with E-state index in [9.17, 15) is 0 Å². The third-order valence-corrected chi connectivity index (χ3v) is 4.33. The maximum absolute atomic E-state index is 4.60. The van der Waals surface area contributed by atoms with Crippen molar-refractivity contribution in [2.45, 2.75) is 50.0 Å². The van der Waals surface area contributed by atoms with Crippen LogP contribution in [0.4, 0.5) is 5.95 Å². The highest BCUT2D eigenvalue weighted by Crippen LogP contribution is 2.30. The molecule has 112 valence electrons. The molecule has 2 aromatic rings. The van der Waals surface area contributed by atoms with Gasteiger partial charge in [0.05, 0.1) is 0 Å². The fourth-order valence-electron chi connectivity index (χ4n) is 1.88. The Morgan fingerprint density at radius 1 is 1.19 bits per heavy atom. The summed E-state index contributed by atoms with van der Waals surface area (Å²) in [6.45, 7) is 9.50. The second kappa shape index (κ2) is 7.46. The fraction of sp³-hybridized carbons (Fsp3) is 0.412. The van der Waals surface area contributed by atoms with E-state index in [0.717, 1.165) is 23.6 Å². The van der Waals surface area contributed by atoms with Gasteiger partial charge >= 0.3 is 0 Å². The predicted octanol–water partition coefficient (Wildman–Crippen LogP) is 4.88. The molecule has 0 bridgehead atoms. The highest BCUT2D eigenvalue weighted by molar-refractivity contribution is 7.99. The van der Waals surface area contributed by atoms with Crippen LogP contribution in [0.5, 0.6) is 0 Å². The molecule has 3 nitrogen and oxygen atoms in total. The normalized spacial score (nSPS) is 10.9. The number of anilines is 1. The zero-order valence-corrected chi connectivity index (χ0v) is 14.0. The summed E-state index contributed by atoms with van der Waals surface area (Å²) in [5.41, 5.74) is 2.47. The van der Waals surface area contributed by atoms with E-state index in [0.29, 0.717) is 11.9 Å². The monoisotopic (exact) mass is 301 g/mol. The molecular weight excluding hydrogens is 278 g/mol. The van der Waals surface area contributed by atoms with Crippen molar-refractivity contribution in [2.75, 3.05) is 11.9 Å². The number of aromatic nitrogens is 2. The SMILES string of the molecule is CCCNc1ncc(C)c(Sc2ccc(C(C)C)cc2)n1. The van der Waals surface area contributed by atoms with Gasteiger partial charge in [0.15, 0.2) is 0 Å². The molecule has 1 aromatic carbocycles. The highest BCUT2D eigenvalue weighted by atomic mass is 32.2. The molecule has 0 atom stereocenters. The first kappa shape index (κ1) is 15.8. The van der Waals surface area contributed by atoms with Crippen molar-refractivity contribution in [1.82, 2.24) is 9.97 Å². The number of aryl methyl sites for hydroxylation is 1. The van der Waals surface area contributed by atoms with Crippen molar-refractivity contribution in [2.24, 2.45) is 0 Å². The molecule has 0 saturated heterocycles. The molecule has 0 aliphatic rings. The van der Waals surface area contributed by atoms with Crippen LogP contribution in [0, 0.1) is 6.92 Å². The number of nitrogens with one attached hydrogen (secondary N) is 1. The van der Waals surface area contributed by atoms with Gasteiger partial charge in [0, 0.05) is 23.2 Å². The molecule has 0 amide bonds. The first-order valence-corrected chi connectivity index (χ1v) is 8.27. The molecule has 4 heteroatoms. The van der Waals surface area contributed by atoms with E-state index < -0.39 is 0 Å². The fourth-order valence-corrected chi connectivity index (χ4v) is 2.73. The van der Waals surface area contributed by atoms with Crippen molar-refractivity contribution < 1.29 is 0 Å². The standard InChI is InChI=1S/C17H23N3S/c1-5-10-18-17-19-11-13(4)16(20-17)21-15-8-6-14(7-9-15)12(2)3/h6-9,11-12H,5,10H2,1-4H3,(H,18,19,20). The average molecular weight is 301 g/mol. The third-order valence-electron chi connectivity index (χ3n) is 3.22. The zero-order chi connectivity index (χ0) is 15.2. The summed E-state index contributed by atoms with van der Waals surface area (Å²) in [6.07, 6.45) is 2.95. The van der Waals surface area contributed by atoms with Crippen LogP contribution in [0.15, 0.2) is 40.4 Å². The molecule has 1 N–H and O–H groups in total. The molecule has 1 heterocycles. The third kappa shape index (κ3) is 4.46. The first-order valence-electron chi connectivity index (χ1n) is 7.45. The van der Waals surface area contributed by atoms with Crippen LogP contribution in [0.2, 0.25) is 0 Å². The molecule has 0 radical (unpaired) electrons. The van der Waals surface area contributed by atoms with Gasteiger partial charge in [-0.2, -0.15) is 0 Å². The molecular formula is C17H23N3S. The van der Waals surface area contributed by atoms with Gasteiger partial charge < -0.3 is 5.32 Å². The predicted molar refractivity (Wildman–Crippen MR) is 90.2 cm³/mol. The molecule has 1 aromatic heterocycles. The van der Waals surface area contributed by atoms with Crippen LogP contribution in [0.1, 0.15) is 44.2 Å². The average Bonchev–Trinajstić information content (AvgIpc) is 2.48. The minimum atomic E-state index is 0.565. The molecule has 0 fully saturated rings. The Balaban J connectivity index is 2.14. The first-order chi connectivity index (χ1) is 10.1. The lowest BCUT2D eigenvalue weighted by atomic mass is 10.0. The van der Waals surface area contributed by atoms with Gasteiger partial charge in [-0.25, -0.2) is 9.97 Å². The summed E-state index contributed by atoms with van der Waals surface area (Å²) in [4.78, 5) is 10.1. The summed E-state index contributed by atoms with van der Waals surface area (Å²) in [7, 11) is 0. The van der Waals surface area contributed by atoms with Crippen LogP contribution >= 0.6 is 11.8 Å². The van der Waals surface area contributed by atoms with Crippen LogP contribution in [-0.2, 0) is 0 Å². The van der Waals surface area contributed by atoms with Gasteiger partial charge in [-0.3, -0.25) is 0 Å². The summed E-state index contributed by atoms with van der Waals surface area (Å²) in [5.74, 6) is 1.28. The van der Waals surface area contributed by atoms with Crippen molar-refractivity contribution in [3.8, 4) is 0 Å². The Kier molecular flexibility index (Phi) is 5.62. The van der Waals surface area contributed by atoms with Gasteiger partial charge in [-0.05, 0) is 37.0 Å². The van der Waals surface area contributed by atoms with Gasteiger partial charge in [-0.1, -0.05) is 44.7 Å². The summed E-state index contributed by atoms with van der Waals surface area (Å²) < 4.78 is 0. The van der Waals surface area contributed by atoms with Crippen molar-refractivity contribution >= 4 is 17.7 Å². The van der Waals surface area contributed by atoms with Gasteiger partial charge in [0.25, 0.3) is 0 Å². The van der Waals surface area contributed by atoms with Crippen molar-refractivity contribution in [3.63, 3.8) is 0 Å². The molecule has 0 aliphatic carbocycles. The van der Waals surface area contributed by atoms with Gasteiger partial charge in [0.1, 0.15) is 5.03 Å². The number of rotatable bonds is 6. The van der Waals surface area contributed by atoms with Crippen molar-refractivity contribution in [3.05, 3.63) is 41.6 Å². The van der Waals surface area contributed by atoms with Crippen LogP contribution in [0.25, 0.3) is 0 Å². The second-order valence-corrected chi connectivity index (χ2v) is 6.50. The van der Waals surface area contributed by atoms with Gasteiger partial charge in [-0.15, -0.1) is 0 Å². The highest BCUT2D eigenvalue weighted by Gasteiger charge is 2.06. The molecule has 0 unspecified atom stereocenters. The molecule has 0 saturated carbocycles. The Morgan fingerprint density at radius 2 is 1.90 bits per heavy atom. The Labute approximate surface area is 131 Å². The van der Waals surface area contributed by atoms with E-state index in [-0.39, 0.29) is 0 Å². The van der Waals surface area contributed by atoms with E-state index >= 15 is 0 Å². The topological polar surface area (TPSA) is 37.8 Å². The second-order valence-electron chi connectivity index (χ2n) is 5.43. The minimum Gasteiger partial charge on any atom is -0.354 e. The smallest absolute Gasteiger partial charge is 0.223 e. The van der Waals surface area contributed by atoms with Crippen LogP contribution < -0.4 is 5.32 Å². The van der Waals surface area contributed by atoms with Gasteiger partial charge in [0.2, 0.25) is 5.95 Å². The zero-order valence-electron chi connectivity index (χ0n) is 13.2. The van der Waals surface area contributed by atoms with E-state index in [1.54, 1.807) is 11.8 Å². The molecule has 21 heavy (non-hydrogen) atoms. The number of hydrogen-bond donors (Lipinski definition) is 1. The summed E-state index contributed by atoms with van der Waals surface area (Å²) in [5, 5.41) is 4.25. The maximum atomic E-state index is 4.60. The summed E-state index contributed by atoms with van der Waals surface area (Å²) in [6, 6.07) is 8.72. The van der Waals surface area contributed by atoms with E-state index in [4.69, 9.17) is 0 Å². The quantitative estimate of drug-likeness (QED) is 0.772. The summed E-state index contributed by atoms with van der Waals surface area (Å²) >= 11 is 1.69. The largest absolute Gasteiger partial charge is 0.354 e. The molecule has 0 spiro atoms. The molecule has 0 aliphatic heterocycles. The Bertz CT molecular complexity index is 579. The van der Waals surface area contributed by atoms with Crippen LogP contribution in [0.3, 0.4) is 0 Å². The Hall–Kier alpha value is -1.55. The lowest BCUT2D eigenvalue weighted by Gasteiger charge is -2.09. The van der Waals surface area contributed by atoms with E-state index in [2.05, 4.69) is 67.2 Å². The molecule has 2 rings (SSSR count). The minimum absolute atomic E-state index is 0.565. The van der Waals surface area contributed by atoms with Crippen LogP contribution in [-0.4, -0.2) is 16.5 Å². The Morgan fingerprint density at radius 3 is 2.52 bits per heavy atom. The van der Waals surface area contributed by atoms with E-state index in [1.807, 2.05) is 6.20 Å². The van der Waals surface area contributed by atoms with E-state index in [1.165, 1.54) is 10.5 Å². The lowest BCUT2D eigenvalue weighted by Crippen LogP contribution is -2.05. The number of benzene rings is 1. The number of nitrogens with zero attached hydrogens (tertiary/aromatic N) is 2.